The van der Waals surface area contributed by atoms with Gasteiger partial charge in [-0.3, -0.25) is 14.9 Å². The molecule has 20 heteroatoms. The first kappa shape index (κ1) is 39.4. The molecule has 0 radical (unpaired) electrons. The minimum Gasteiger partial charge on any atom is -0.691 e. The van der Waals surface area contributed by atoms with Gasteiger partial charge in [-0.25, -0.2) is 9.98 Å². The topological polar surface area (TPSA) is 188 Å². The van der Waals surface area contributed by atoms with Gasteiger partial charge in [0, 0.05) is 33.2 Å². The van der Waals surface area contributed by atoms with Crippen molar-refractivity contribution in [1.82, 2.24) is 20.2 Å². The standard InChI is InChI=1S/C24H24Cl2N6O8S2.2Na/c1-11(10-27-23(34)12-5-14(41-39-37-35)9-15(6-12)42-40-38-36)21-29-22-18(20(24(2,3)4)30-32(22)31-21)28-13-7-16(25)19(33)17(26)8-13;;/h5-9,11,33,35-36H,10H2,1-4H3,(H,27,34);;/q;2*+1/p-2. The summed E-state index contributed by atoms with van der Waals surface area (Å²) in [5.74, 6) is -0.268. The molecule has 2 heterocycles. The number of fused-ring (bicyclic) bond motifs is 1. The van der Waals surface area contributed by atoms with Gasteiger partial charge in [0.1, 0.15) is 5.71 Å². The number of phenols is 1. The van der Waals surface area contributed by atoms with Crippen molar-refractivity contribution in [2.45, 2.75) is 43.4 Å². The summed E-state index contributed by atoms with van der Waals surface area (Å²) in [6.45, 7) is 7.89. The Hall–Kier alpha value is -0.770. The van der Waals surface area contributed by atoms with Crippen LogP contribution in [0.2, 0.25) is 10.0 Å². The van der Waals surface area contributed by atoms with Crippen LogP contribution < -0.4 is 74.9 Å². The van der Waals surface area contributed by atoms with E-state index >= 15 is 0 Å². The van der Waals surface area contributed by atoms with Gasteiger partial charge < -0.3 is 20.9 Å². The van der Waals surface area contributed by atoms with Crippen LogP contribution >= 0.6 is 47.3 Å². The Labute approximate surface area is 314 Å². The second kappa shape index (κ2) is 17.4. The van der Waals surface area contributed by atoms with Gasteiger partial charge >= 0.3 is 59.1 Å². The molecule has 1 unspecified atom stereocenters. The fraction of sp³-hybridized carbons (Fsp3) is 0.292. The van der Waals surface area contributed by atoms with Crippen LogP contribution in [0.5, 0.6) is 5.75 Å². The third-order valence-electron chi connectivity index (χ3n) is 5.66. The number of amides is 1. The summed E-state index contributed by atoms with van der Waals surface area (Å²) in [7, 11) is 0. The van der Waals surface area contributed by atoms with E-state index in [-0.39, 0.29) is 92.9 Å². The maximum absolute atomic E-state index is 12.9. The molecule has 1 atom stereocenters. The predicted octanol–water partition coefficient (Wildman–Crippen LogP) is -2.32. The molecule has 0 spiro atoms. The van der Waals surface area contributed by atoms with Crippen LogP contribution in [0.4, 0.5) is 5.69 Å². The first-order chi connectivity index (χ1) is 19.9. The molecule has 1 aromatic heterocycles. The number of benzene rings is 2. The van der Waals surface area contributed by atoms with Crippen molar-refractivity contribution in [3.63, 3.8) is 0 Å². The minimum atomic E-state index is -0.472. The quantitative estimate of drug-likeness (QED) is 0.0941. The molecular formula is C24H22Cl2N6Na2O8S2. The van der Waals surface area contributed by atoms with Crippen LogP contribution in [0.15, 0.2) is 50.2 Å². The number of rotatable bonds is 11. The van der Waals surface area contributed by atoms with Gasteiger partial charge in [-0.2, -0.15) is 13.8 Å². The van der Waals surface area contributed by atoms with Gasteiger partial charge in [0.15, 0.2) is 11.6 Å². The van der Waals surface area contributed by atoms with Crippen molar-refractivity contribution in [1.29, 1.82) is 0 Å². The number of aliphatic imine (C=N–C) groups is 1. The van der Waals surface area contributed by atoms with E-state index in [1.165, 1.54) is 35.1 Å². The van der Waals surface area contributed by atoms with Gasteiger partial charge in [0.25, 0.3) is 5.91 Å². The first-order valence-electron chi connectivity index (χ1n) is 11.9. The number of carbonyl (C=O) groups excluding carboxylic acids is 1. The van der Waals surface area contributed by atoms with Crippen LogP contribution in [-0.2, 0) is 18.7 Å². The van der Waals surface area contributed by atoms with Gasteiger partial charge in [0.2, 0.25) is 5.82 Å². The summed E-state index contributed by atoms with van der Waals surface area (Å²) >= 11 is 13.3. The van der Waals surface area contributed by atoms with Crippen LogP contribution in [0.1, 0.15) is 55.6 Å². The number of aromatic hydroxyl groups is 1. The molecule has 1 aliphatic rings. The Balaban J connectivity index is 0.00000337. The molecule has 2 aromatic carbocycles. The third kappa shape index (κ3) is 9.87. The summed E-state index contributed by atoms with van der Waals surface area (Å²) in [5, 5.41) is 49.0. The van der Waals surface area contributed by atoms with Crippen LogP contribution in [-0.4, -0.2) is 43.9 Å². The predicted molar refractivity (Wildman–Crippen MR) is 150 cm³/mol. The Morgan fingerprint density at radius 3 is 2.16 bits per heavy atom. The van der Waals surface area contributed by atoms with Gasteiger partial charge in [-0.15, -0.1) is 9.89 Å². The van der Waals surface area contributed by atoms with E-state index in [0.29, 0.717) is 62.6 Å². The van der Waals surface area contributed by atoms with Crippen molar-refractivity contribution < 1.29 is 98.3 Å². The fourth-order valence-corrected chi connectivity index (χ4v) is 5.16. The third-order valence-corrected chi connectivity index (χ3v) is 7.34. The first-order valence-corrected chi connectivity index (χ1v) is 14.2. The molecular weight excluding hydrogens is 681 g/mol. The van der Waals surface area contributed by atoms with Crippen LogP contribution in [0.25, 0.3) is 0 Å². The van der Waals surface area contributed by atoms with Crippen LogP contribution in [0.3, 0.4) is 0 Å². The zero-order valence-electron chi connectivity index (χ0n) is 24.3. The summed E-state index contributed by atoms with van der Waals surface area (Å²) in [5.41, 5.74) is 1.26. The Morgan fingerprint density at radius 2 is 1.64 bits per heavy atom. The number of aromatic nitrogens is 3. The van der Waals surface area contributed by atoms with Gasteiger partial charge in [-0.05, 0) is 30.3 Å². The zero-order chi connectivity index (χ0) is 30.6. The van der Waals surface area contributed by atoms with Gasteiger partial charge in [0.05, 0.1) is 45.5 Å². The smallest absolute Gasteiger partial charge is 0.691 e. The summed E-state index contributed by atoms with van der Waals surface area (Å²) in [6.07, 6.45) is 0. The van der Waals surface area contributed by atoms with Crippen molar-refractivity contribution in [2.24, 2.45) is 15.5 Å². The average Bonchev–Trinajstić information content (AvgIpc) is 3.51. The number of nitrogens with zero attached hydrogens (tertiary/aromatic N) is 5. The molecule has 0 bridgehead atoms. The van der Waals surface area contributed by atoms with E-state index in [2.05, 4.69) is 44.2 Å². The van der Waals surface area contributed by atoms with Crippen molar-refractivity contribution in [3.8, 4) is 5.75 Å². The molecule has 2 N–H and O–H groups in total. The second-order valence-corrected chi connectivity index (χ2v) is 12.2. The fourth-order valence-electron chi connectivity index (χ4n) is 3.69. The maximum atomic E-state index is 12.9. The molecule has 0 fully saturated rings. The molecule has 0 saturated heterocycles. The average molecular weight is 703 g/mol. The van der Waals surface area contributed by atoms with Crippen molar-refractivity contribution in [2.75, 3.05) is 6.54 Å². The van der Waals surface area contributed by atoms with Crippen molar-refractivity contribution in [3.05, 3.63) is 57.6 Å². The normalized spacial score (nSPS) is 14.0. The Morgan fingerprint density at radius 1 is 1.07 bits per heavy atom. The molecule has 1 amide bonds. The molecule has 0 saturated carbocycles. The number of nitrogens with one attached hydrogen (secondary N) is 1. The molecule has 4 rings (SSSR count). The molecule has 224 valence electrons. The summed E-state index contributed by atoms with van der Waals surface area (Å²) in [4.78, 5) is 24.3. The summed E-state index contributed by atoms with van der Waals surface area (Å²) in [6, 6.07) is 7.33. The number of halogens is 2. The van der Waals surface area contributed by atoms with E-state index < -0.39 is 11.3 Å². The molecule has 3 aromatic rings. The Kier molecular flexibility index (Phi) is 15.6. The van der Waals surface area contributed by atoms with E-state index in [0.717, 1.165) is 0 Å². The Bertz CT molecular complexity index is 1510. The number of phenolic OH excluding ortho intramolecular Hbond substituents is 1. The molecule has 0 aliphatic carbocycles. The van der Waals surface area contributed by atoms with E-state index in [1.807, 2.05) is 27.7 Å². The number of hydrogen-bond donors (Lipinski definition) is 2. The number of hydrogen-bond acceptors (Lipinski definition) is 14. The maximum Gasteiger partial charge on any atom is 1.00 e. The second-order valence-electron chi connectivity index (χ2n) is 9.84. The van der Waals surface area contributed by atoms with E-state index in [9.17, 15) is 20.4 Å². The SMILES string of the molecule is CC(CNC(=O)c1cc(SOO[O-])cc(SOO[O-])c1)c1nc2n(n1)N=C(C(C)(C)C)C2=Nc1cc(Cl)c(O)c(Cl)c1.[Na+].[Na+]. The van der Waals surface area contributed by atoms with Gasteiger partial charge in [-0.1, -0.05) is 50.9 Å². The zero-order valence-corrected chi connectivity index (χ0v) is 31.4. The number of carbonyl (C=O) groups is 1. The minimum absolute atomic E-state index is 0. The van der Waals surface area contributed by atoms with Crippen molar-refractivity contribution >= 4 is 70.3 Å². The van der Waals surface area contributed by atoms with Crippen LogP contribution in [0, 0.1) is 5.41 Å². The summed E-state index contributed by atoms with van der Waals surface area (Å²) < 4.78 is 8.63. The molecule has 44 heavy (non-hydrogen) atoms. The van der Waals surface area contributed by atoms with E-state index in [1.54, 1.807) is 0 Å². The molecule has 1 aliphatic heterocycles. The monoisotopic (exact) mass is 702 g/mol. The largest absolute Gasteiger partial charge is 1.00 e. The molecule has 14 nitrogen and oxygen atoms in total. The van der Waals surface area contributed by atoms with E-state index in [4.69, 9.17) is 23.2 Å².